The van der Waals surface area contributed by atoms with E-state index in [0.717, 1.165) is 43.2 Å². The van der Waals surface area contributed by atoms with Gasteiger partial charge in [-0.05, 0) is 89.6 Å². The molecule has 3 aromatic rings. The van der Waals surface area contributed by atoms with E-state index in [4.69, 9.17) is 0 Å². The Labute approximate surface area is 229 Å². The van der Waals surface area contributed by atoms with Crippen LogP contribution in [-0.2, 0) is 16.2 Å². The summed E-state index contributed by atoms with van der Waals surface area (Å²) in [4.78, 5) is 2.20. The van der Waals surface area contributed by atoms with Crippen molar-refractivity contribution in [2.45, 2.75) is 109 Å². The molecule has 0 spiro atoms. The zero-order chi connectivity index (χ0) is 28.5. The van der Waals surface area contributed by atoms with Gasteiger partial charge in [-0.15, -0.1) is 0 Å². The maximum atomic E-state index is 10.4. The predicted molar refractivity (Wildman–Crippen MR) is 159 cm³/mol. The second-order valence-corrected chi connectivity index (χ2v) is 14.3. The lowest BCUT2D eigenvalue weighted by molar-refractivity contribution is 0.441. The average Bonchev–Trinajstić information content (AvgIpc) is 2.70. The zero-order valence-corrected chi connectivity index (χ0v) is 25.6. The first-order chi connectivity index (χ1) is 16.7. The maximum absolute atomic E-state index is 10.4. The molecule has 37 heavy (non-hydrogen) atoms. The van der Waals surface area contributed by atoms with Crippen LogP contribution in [0.4, 0.5) is 0 Å². The van der Waals surface area contributed by atoms with Gasteiger partial charge in [-0.3, -0.25) is 0 Å². The van der Waals surface area contributed by atoms with E-state index >= 15 is 0 Å². The summed E-state index contributed by atoms with van der Waals surface area (Å²) < 4.78 is 0. The standard InChI is InChI=1S/C22H30O2S.C11H16O/c1-13-9-15(11-17(19(13)23)21(3,4)5)25-16-10-14(2)20(24)18(12-16)22(6,7)8;1-8-5-6-9(10(12)7-8)11(2,3)4/h9-12,23-24H,1-8H3;5-7,12H,1-4H3. The van der Waals surface area contributed by atoms with Crippen LogP contribution < -0.4 is 0 Å². The number of hydrogen-bond acceptors (Lipinski definition) is 4. The van der Waals surface area contributed by atoms with Crippen molar-refractivity contribution >= 4 is 11.8 Å². The summed E-state index contributed by atoms with van der Waals surface area (Å²) in [5.74, 6) is 1.17. The summed E-state index contributed by atoms with van der Waals surface area (Å²) in [7, 11) is 0. The second kappa shape index (κ2) is 11.0. The fourth-order valence-corrected chi connectivity index (χ4v) is 5.26. The summed E-state index contributed by atoms with van der Waals surface area (Å²) in [6, 6.07) is 14.0. The Bertz CT molecular complexity index is 1190. The number of aromatic hydroxyl groups is 3. The first-order valence-electron chi connectivity index (χ1n) is 12.9. The molecular weight excluding hydrogens is 476 g/mol. The molecule has 0 heterocycles. The van der Waals surface area contributed by atoms with Gasteiger partial charge in [0.15, 0.2) is 0 Å². The van der Waals surface area contributed by atoms with Gasteiger partial charge in [-0.1, -0.05) is 86.2 Å². The molecule has 0 saturated carbocycles. The van der Waals surface area contributed by atoms with Crippen molar-refractivity contribution in [3.63, 3.8) is 0 Å². The quantitative estimate of drug-likeness (QED) is 0.314. The highest BCUT2D eigenvalue weighted by molar-refractivity contribution is 7.99. The highest BCUT2D eigenvalue weighted by Crippen LogP contribution is 2.42. The average molecular weight is 523 g/mol. The normalized spacial score (nSPS) is 12.2. The molecule has 0 aliphatic heterocycles. The minimum absolute atomic E-state index is 0.0256. The van der Waals surface area contributed by atoms with Crippen molar-refractivity contribution in [2.24, 2.45) is 0 Å². The van der Waals surface area contributed by atoms with E-state index in [1.807, 2.05) is 45.0 Å². The van der Waals surface area contributed by atoms with Crippen molar-refractivity contribution < 1.29 is 15.3 Å². The molecule has 0 aliphatic rings. The molecule has 202 valence electrons. The molecule has 3 aromatic carbocycles. The van der Waals surface area contributed by atoms with Crippen molar-refractivity contribution in [3.05, 3.63) is 75.8 Å². The first-order valence-corrected chi connectivity index (χ1v) is 13.7. The number of hydrogen-bond donors (Lipinski definition) is 3. The lowest BCUT2D eigenvalue weighted by atomic mass is 9.85. The molecule has 0 fully saturated rings. The summed E-state index contributed by atoms with van der Waals surface area (Å²) in [6.45, 7) is 24.8. The van der Waals surface area contributed by atoms with Crippen LogP contribution in [0.3, 0.4) is 0 Å². The Morgan fingerprint density at radius 2 is 0.892 bits per heavy atom. The largest absolute Gasteiger partial charge is 0.508 e. The van der Waals surface area contributed by atoms with Gasteiger partial charge >= 0.3 is 0 Å². The summed E-state index contributed by atoms with van der Waals surface area (Å²) in [6.07, 6.45) is 0. The number of benzene rings is 3. The van der Waals surface area contributed by atoms with E-state index < -0.39 is 0 Å². The van der Waals surface area contributed by atoms with Gasteiger partial charge in [0.05, 0.1) is 0 Å². The van der Waals surface area contributed by atoms with E-state index in [0.29, 0.717) is 17.2 Å². The minimum atomic E-state index is -0.118. The molecule has 0 atom stereocenters. The fraction of sp³-hybridized carbons (Fsp3) is 0.455. The van der Waals surface area contributed by atoms with Crippen LogP contribution in [0.15, 0.2) is 52.3 Å². The summed E-state index contributed by atoms with van der Waals surface area (Å²) in [5, 5.41) is 30.5. The van der Waals surface area contributed by atoms with Crippen molar-refractivity contribution in [2.75, 3.05) is 0 Å². The second-order valence-electron chi connectivity index (χ2n) is 13.1. The number of aryl methyl sites for hydroxylation is 3. The molecule has 0 bridgehead atoms. The van der Waals surface area contributed by atoms with Crippen LogP contribution >= 0.6 is 11.8 Å². The Morgan fingerprint density at radius 3 is 1.22 bits per heavy atom. The molecule has 0 aromatic heterocycles. The van der Waals surface area contributed by atoms with E-state index in [1.54, 1.807) is 17.8 Å². The molecule has 0 aliphatic carbocycles. The number of rotatable bonds is 2. The van der Waals surface area contributed by atoms with Gasteiger partial charge in [0.25, 0.3) is 0 Å². The number of phenolic OH excluding ortho intramolecular Hbond substituents is 3. The molecule has 3 nitrogen and oxygen atoms in total. The van der Waals surface area contributed by atoms with E-state index in [-0.39, 0.29) is 16.2 Å². The molecule has 0 saturated heterocycles. The minimum Gasteiger partial charge on any atom is -0.508 e. The van der Waals surface area contributed by atoms with Gasteiger partial charge in [-0.25, -0.2) is 0 Å². The van der Waals surface area contributed by atoms with Crippen LogP contribution in [0.5, 0.6) is 17.2 Å². The van der Waals surface area contributed by atoms with Gasteiger partial charge < -0.3 is 15.3 Å². The van der Waals surface area contributed by atoms with Gasteiger partial charge in [0.2, 0.25) is 0 Å². The molecule has 0 unspecified atom stereocenters. The van der Waals surface area contributed by atoms with E-state index in [1.165, 1.54) is 0 Å². The summed E-state index contributed by atoms with van der Waals surface area (Å²) >= 11 is 1.67. The predicted octanol–water partition coefficient (Wildman–Crippen LogP) is 9.46. The molecular formula is C33H46O3S. The SMILES string of the molecule is Cc1cc(Sc2cc(C)c(O)c(C(C)(C)C)c2)cc(C(C)(C)C)c1O.Cc1ccc(C(C)(C)C)c(O)c1. The molecule has 0 amide bonds. The molecule has 4 heteroatoms. The van der Waals surface area contributed by atoms with Crippen LogP contribution in [-0.4, -0.2) is 15.3 Å². The smallest absolute Gasteiger partial charge is 0.122 e. The third-order valence-electron chi connectivity index (χ3n) is 6.36. The van der Waals surface area contributed by atoms with Gasteiger partial charge in [-0.2, -0.15) is 0 Å². The highest BCUT2D eigenvalue weighted by Gasteiger charge is 2.23. The summed E-state index contributed by atoms with van der Waals surface area (Å²) in [5.41, 5.74) is 5.59. The van der Waals surface area contributed by atoms with Crippen molar-refractivity contribution in [1.82, 2.24) is 0 Å². The van der Waals surface area contributed by atoms with Crippen LogP contribution in [0.25, 0.3) is 0 Å². The third kappa shape index (κ3) is 7.95. The molecule has 0 radical (unpaired) electrons. The topological polar surface area (TPSA) is 60.7 Å². The van der Waals surface area contributed by atoms with Crippen LogP contribution in [0.1, 0.15) is 95.7 Å². The van der Waals surface area contributed by atoms with Gasteiger partial charge in [0, 0.05) is 20.9 Å². The van der Waals surface area contributed by atoms with Crippen molar-refractivity contribution in [1.29, 1.82) is 0 Å². The first kappa shape index (κ1) is 30.6. The lowest BCUT2D eigenvalue weighted by Gasteiger charge is -2.24. The molecule has 3 rings (SSSR count). The Kier molecular flexibility index (Phi) is 9.13. The number of phenols is 3. The monoisotopic (exact) mass is 522 g/mol. The van der Waals surface area contributed by atoms with Crippen LogP contribution in [0.2, 0.25) is 0 Å². The van der Waals surface area contributed by atoms with Crippen LogP contribution in [0, 0.1) is 20.8 Å². The highest BCUT2D eigenvalue weighted by atomic mass is 32.2. The fourth-order valence-electron chi connectivity index (χ4n) is 4.17. The van der Waals surface area contributed by atoms with Gasteiger partial charge in [0.1, 0.15) is 17.2 Å². The Hall–Kier alpha value is -2.59. The third-order valence-corrected chi connectivity index (χ3v) is 7.30. The molecule has 3 N–H and O–H groups in total. The maximum Gasteiger partial charge on any atom is 0.122 e. The van der Waals surface area contributed by atoms with Crippen molar-refractivity contribution in [3.8, 4) is 17.2 Å². The van der Waals surface area contributed by atoms with E-state index in [9.17, 15) is 15.3 Å². The Morgan fingerprint density at radius 1 is 0.514 bits per heavy atom. The van der Waals surface area contributed by atoms with E-state index in [2.05, 4.69) is 74.4 Å². The Balaban J connectivity index is 0.000000335. The lowest BCUT2D eigenvalue weighted by Crippen LogP contribution is -2.12. The zero-order valence-electron chi connectivity index (χ0n) is 24.8.